The van der Waals surface area contributed by atoms with Gasteiger partial charge < -0.3 is 30.3 Å². The minimum absolute atomic E-state index is 0. The first-order valence-corrected chi connectivity index (χ1v) is 7.24. The molecule has 0 amide bonds. The lowest BCUT2D eigenvalue weighted by atomic mass is 10.4. The fraction of sp³-hybridized carbons (Fsp3) is 0.444. The van der Waals surface area contributed by atoms with Crippen molar-refractivity contribution in [2.75, 3.05) is 12.1 Å². The van der Waals surface area contributed by atoms with Crippen LogP contribution >= 0.6 is 7.60 Å². The molecule has 0 aliphatic carbocycles. The lowest BCUT2D eigenvalue weighted by Gasteiger charge is -2.14. The Balaban J connectivity index is 0.00000200. The van der Waals surface area contributed by atoms with Crippen LogP contribution in [0.15, 0.2) is 12.7 Å². The quantitative estimate of drug-likeness (QED) is 0.598. The SMILES string of the molecule is C[C@@H](Cn1cnc2c(N)ncnc21)OCP(=O)(O)O.O. The lowest BCUT2D eigenvalue weighted by Crippen LogP contribution is -2.17. The van der Waals surface area contributed by atoms with E-state index in [2.05, 4.69) is 15.0 Å². The zero-order valence-electron chi connectivity index (χ0n) is 10.7. The summed E-state index contributed by atoms with van der Waals surface area (Å²) in [6.07, 6.45) is 1.85. The predicted octanol–water partition coefficient (Wildman–Crippen LogP) is -0.876. The second-order valence-electron chi connectivity index (χ2n) is 4.10. The Morgan fingerprint density at radius 3 is 2.80 bits per heavy atom. The number of anilines is 1. The number of ether oxygens (including phenoxy) is 1. The Morgan fingerprint density at radius 2 is 2.15 bits per heavy atom. The summed E-state index contributed by atoms with van der Waals surface area (Å²) in [6.45, 7) is 2.05. The molecule has 2 rings (SSSR count). The van der Waals surface area contributed by atoms with Crippen molar-refractivity contribution in [3.8, 4) is 0 Å². The summed E-state index contributed by atoms with van der Waals surface area (Å²) in [7, 11) is -4.16. The molecule has 1 atom stereocenters. The van der Waals surface area contributed by atoms with E-state index in [-0.39, 0.29) is 11.3 Å². The fourth-order valence-electron chi connectivity index (χ4n) is 1.59. The van der Waals surface area contributed by atoms with Crippen LogP contribution in [0.4, 0.5) is 5.82 Å². The number of hydrogen-bond acceptors (Lipinski definition) is 6. The molecule has 10 nitrogen and oxygen atoms in total. The molecule has 6 N–H and O–H groups in total. The van der Waals surface area contributed by atoms with Gasteiger partial charge in [-0.05, 0) is 6.92 Å². The third-order valence-electron chi connectivity index (χ3n) is 2.41. The number of imidazole rings is 1. The second kappa shape index (κ2) is 6.25. The summed E-state index contributed by atoms with van der Waals surface area (Å²) in [5, 5.41) is 0. The third-order valence-corrected chi connectivity index (χ3v) is 2.90. The van der Waals surface area contributed by atoms with Crippen LogP contribution in [0.2, 0.25) is 0 Å². The molecule has 0 radical (unpaired) electrons. The summed E-state index contributed by atoms with van der Waals surface area (Å²) in [5.41, 5.74) is 6.70. The topological polar surface area (TPSA) is 168 Å². The van der Waals surface area contributed by atoms with Crippen LogP contribution in [-0.4, -0.2) is 47.2 Å². The molecule has 0 saturated carbocycles. The minimum atomic E-state index is -4.16. The van der Waals surface area contributed by atoms with Crippen LogP contribution in [0.25, 0.3) is 11.2 Å². The van der Waals surface area contributed by atoms with Crippen LogP contribution in [-0.2, 0) is 15.8 Å². The van der Waals surface area contributed by atoms with E-state index < -0.39 is 20.0 Å². The van der Waals surface area contributed by atoms with Crippen molar-refractivity contribution in [3.63, 3.8) is 0 Å². The normalized spacial score (nSPS) is 13.2. The first-order valence-electron chi connectivity index (χ1n) is 5.44. The molecule has 11 heteroatoms. The van der Waals surface area contributed by atoms with Crippen molar-refractivity contribution in [1.29, 1.82) is 0 Å². The van der Waals surface area contributed by atoms with Crippen molar-refractivity contribution >= 4 is 24.6 Å². The molecule has 0 spiro atoms. The second-order valence-corrected chi connectivity index (χ2v) is 5.69. The van der Waals surface area contributed by atoms with E-state index in [0.29, 0.717) is 17.7 Å². The molecular formula is C9H16N5O5P. The Morgan fingerprint density at radius 1 is 1.45 bits per heavy atom. The molecule has 0 aliphatic rings. The molecule has 2 aromatic rings. The van der Waals surface area contributed by atoms with Gasteiger partial charge in [0, 0.05) is 0 Å². The highest BCUT2D eigenvalue weighted by Gasteiger charge is 2.16. The number of nitrogens with two attached hydrogens (primary N) is 1. The van der Waals surface area contributed by atoms with Gasteiger partial charge in [-0.15, -0.1) is 0 Å². The molecule has 20 heavy (non-hydrogen) atoms. The van der Waals surface area contributed by atoms with Crippen molar-refractivity contribution in [1.82, 2.24) is 19.5 Å². The number of nitrogen functional groups attached to an aromatic ring is 1. The summed E-state index contributed by atoms with van der Waals surface area (Å²) in [4.78, 5) is 29.4. The molecule has 0 saturated heterocycles. The van der Waals surface area contributed by atoms with Gasteiger partial charge in [0.15, 0.2) is 11.5 Å². The van der Waals surface area contributed by atoms with Gasteiger partial charge in [-0.2, -0.15) is 0 Å². The van der Waals surface area contributed by atoms with Gasteiger partial charge in [-0.1, -0.05) is 0 Å². The van der Waals surface area contributed by atoms with Gasteiger partial charge in [0.05, 0.1) is 19.0 Å². The fourth-order valence-corrected chi connectivity index (χ4v) is 2.04. The molecule has 112 valence electrons. The third kappa shape index (κ3) is 3.95. The molecule has 0 aromatic carbocycles. The molecule has 0 bridgehead atoms. The first kappa shape index (κ1) is 16.5. The van der Waals surface area contributed by atoms with Gasteiger partial charge in [-0.3, -0.25) is 4.57 Å². The van der Waals surface area contributed by atoms with Gasteiger partial charge in [0.25, 0.3) is 0 Å². The van der Waals surface area contributed by atoms with E-state index in [0.717, 1.165) is 0 Å². The van der Waals surface area contributed by atoms with Crippen LogP contribution in [0.3, 0.4) is 0 Å². The maximum atomic E-state index is 10.7. The van der Waals surface area contributed by atoms with Gasteiger partial charge in [0.1, 0.15) is 18.2 Å². The summed E-state index contributed by atoms with van der Waals surface area (Å²) in [6, 6.07) is 0. The highest BCUT2D eigenvalue weighted by atomic mass is 31.2. The van der Waals surface area contributed by atoms with Crippen molar-refractivity contribution in [2.24, 2.45) is 0 Å². The first-order chi connectivity index (χ1) is 8.87. The summed E-state index contributed by atoms with van der Waals surface area (Å²) < 4.78 is 17.5. The monoisotopic (exact) mass is 305 g/mol. The maximum absolute atomic E-state index is 10.7. The molecule has 2 aromatic heterocycles. The van der Waals surface area contributed by atoms with Gasteiger partial charge >= 0.3 is 7.60 Å². The van der Waals surface area contributed by atoms with Crippen LogP contribution < -0.4 is 5.73 Å². The number of aromatic nitrogens is 4. The van der Waals surface area contributed by atoms with Gasteiger partial charge in [-0.25, -0.2) is 15.0 Å². The molecule has 0 unspecified atom stereocenters. The van der Waals surface area contributed by atoms with Crippen LogP contribution in [0.1, 0.15) is 6.92 Å². The van der Waals surface area contributed by atoms with E-state index in [1.54, 1.807) is 11.5 Å². The van der Waals surface area contributed by atoms with E-state index >= 15 is 0 Å². The number of fused-ring (bicyclic) bond motifs is 1. The standard InChI is InChI=1S/C9H14N5O4P.H2O/c1-6(18-5-19(15,16)17)2-14-4-13-7-8(10)11-3-12-9(7)14;/h3-4,6H,2,5H2,1H3,(H2,10,11,12)(H2,15,16,17);1H2/t6-;/m0./s1. The highest BCUT2D eigenvalue weighted by Crippen LogP contribution is 2.34. The van der Waals surface area contributed by atoms with E-state index in [1.807, 2.05) is 0 Å². The van der Waals surface area contributed by atoms with Crippen molar-refractivity contribution in [2.45, 2.75) is 19.6 Å². The number of rotatable bonds is 5. The number of hydrogen-bond donors (Lipinski definition) is 3. The molecule has 2 heterocycles. The maximum Gasteiger partial charge on any atom is 0.350 e. The lowest BCUT2D eigenvalue weighted by molar-refractivity contribution is 0.0764. The zero-order valence-corrected chi connectivity index (χ0v) is 11.6. The Bertz CT molecular complexity index is 626. The zero-order chi connectivity index (χ0) is 14.0. The summed E-state index contributed by atoms with van der Waals surface area (Å²) >= 11 is 0. The van der Waals surface area contributed by atoms with Gasteiger partial charge in [0.2, 0.25) is 0 Å². The molecule has 0 aliphatic heterocycles. The van der Waals surface area contributed by atoms with E-state index in [1.165, 1.54) is 12.7 Å². The average molecular weight is 305 g/mol. The molecular weight excluding hydrogens is 289 g/mol. The minimum Gasteiger partial charge on any atom is -0.412 e. The predicted molar refractivity (Wildman–Crippen MR) is 70.8 cm³/mol. The van der Waals surface area contributed by atoms with E-state index in [4.69, 9.17) is 20.3 Å². The number of nitrogens with zero attached hydrogens (tertiary/aromatic N) is 4. The Labute approximate surface area is 114 Å². The smallest absolute Gasteiger partial charge is 0.350 e. The largest absolute Gasteiger partial charge is 0.412 e. The van der Waals surface area contributed by atoms with Crippen LogP contribution in [0.5, 0.6) is 0 Å². The summed E-state index contributed by atoms with van der Waals surface area (Å²) in [5.74, 6) is 0.285. The Kier molecular flexibility index (Phi) is 5.15. The molecule has 0 fully saturated rings. The average Bonchev–Trinajstić information content (AvgIpc) is 2.71. The van der Waals surface area contributed by atoms with Crippen molar-refractivity contribution in [3.05, 3.63) is 12.7 Å². The van der Waals surface area contributed by atoms with Crippen molar-refractivity contribution < 1.29 is 24.6 Å². The Hall–Kier alpha value is -1.58. The highest BCUT2D eigenvalue weighted by molar-refractivity contribution is 7.51. The van der Waals surface area contributed by atoms with E-state index in [9.17, 15) is 4.57 Å². The van der Waals surface area contributed by atoms with Crippen LogP contribution in [0, 0.1) is 0 Å².